The van der Waals surface area contributed by atoms with Crippen molar-refractivity contribution in [2.45, 2.75) is 24.2 Å². The molecule has 3 aromatic carbocycles. The molecular formula is C22H23NO2S. The Bertz CT molecular complexity index is 905. The van der Waals surface area contributed by atoms with Crippen molar-refractivity contribution in [3.63, 3.8) is 0 Å². The zero-order valence-corrected chi connectivity index (χ0v) is 15.5. The molecule has 1 N–H and O–H groups in total. The van der Waals surface area contributed by atoms with Crippen LogP contribution in [0.15, 0.2) is 89.8 Å². The molecule has 0 bridgehead atoms. The maximum absolute atomic E-state index is 12.4. The van der Waals surface area contributed by atoms with Crippen molar-refractivity contribution in [2.75, 3.05) is 6.54 Å². The van der Waals surface area contributed by atoms with E-state index < -0.39 is 10.0 Å². The highest BCUT2D eigenvalue weighted by Crippen LogP contribution is 2.20. The Morgan fingerprint density at radius 2 is 1.23 bits per heavy atom. The van der Waals surface area contributed by atoms with Gasteiger partial charge < -0.3 is 0 Å². The van der Waals surface area contributed by atoms with E-state index >= 15 is 0 Å². The molecule has 0 spiro atoms. The summed E-state index contributed by atoms with van der Waals surface area (Å²) in [7, 11) is -3.45. The van der Waals surface area contributed by atoms with E-state index in [1.54, 1.807) is 12.1 Å². The molecule has 0 saturated heterocycles. The molecule has 0 fully saturated rings. The molecule has 3 nitrogen and oxygen atoms in total. The highest BCUT2D eigenvalue weighted by molar-refractivity contribution is 7.89. The molecule has 3 rings (SSSR count). The van der Waals surface area contributed by atoms with Crippen molar-refractivity contribution in [3.8, 4) is 11.1 Å². The van der Waals surface area contributed by atoms with Gasteiger partial charge in [-0.25, -0.2) is 13.1 Å². The number of rotatable bonds is 8. The molecule has 0 atom stereocenters. The van der Waals surface area contributed by atoms with Crippen LogP contribution in [0.4, 0.5) is 0 Å². The molecular weight excluding hydrogens is 342 g/mol. The van der Waals surface area contributed by atoms with E-state index in [0.29, 0.717) is 11.4 Å². The van der Waals surface area contributed by atoms with Gasteiger partial charge in [0.15, 0.2) is 0 Å². The van der Waals surface area contributed by atoms with Gasteiger partial charge in [0, 0.05) is 6.54 Å². The van der Waals surface area contributed by atoms with Crippen LogP contribution in [0.2, 0.25) is 0 Å². The monoisotopic (exact) mass is 365 g/mol. The number of sulfonamides is 1. The zero-order chi connectivity index (χ0) is 18.2. The zero-order valence-electron chi connectivity index (χ0n) is 14.6. The van der Waals surface area contributed by atoms with Crippen molar-refractivity contribution in [3.05, 3.63) is 90.5 Å². The maximum atomic E-state index is 12.4. The number of benzene rings is 3. The van der Waals surface area contributed by atoms with Crippen LogP contribution in [0.5, 0.6) is 0 Å². The van der Waals surface area contributed by atoms with E-state index in [1.807, 2.05) is 60.7 Å². The fraction of sp³-hybridized carbons (Fsp3) is 0.182. The first-order valence-corrected chi connectivity index (χ1v) is 10.3. The topological polar surface area (TPSA) is 46.2 Å². The Kier molecular flexibility index (Phi) is 6.21. The van der Waals surface area contributed by atoms with Crippen LogP contribution in [0.3, 0.4) is 0 Å². The number of hydrogen-bond donors (Lipinski definition) is 1. The number of hydrogen-bond acceptors (Lipinski definition) is 2. The molecule has 0 unspecified atom stereocenters. The minimum Gasteiger partial charge on any atom is -0.211 e. The molecule has 3 aromatic rings. The van der Waals surface area contributed by atoms with Crippen LogP contribution in [-0.4, -0.2) is 15.0 Å². The summed E-state index contributed by atoms with van der Waals surface area (Å²) in [5.41, 5.74) is 3.37. The van der Waals surface area contributed by atoms with Gasteiger partial charge in [0.25, 0.3) is 0 Å². The Morgan fingerprint density at radius 3 is 1.88 bits per heavy atom. The Morgan fingerprint density at radius 1 is 0.654 bits per heavy atom. The minimum absolute atomic E-state index is 0.306. The molecule has 4 heteroatoms. The van der Waals surface area contributed by atoms with Crippen LogP contribution < -0.4 is 4.72 Å². The van der Waals surface area contributed by atoms with Gasteiger partial charge in [-0.15, -0.1) is 0 Å². The number of aryl methyl sites for hydroxylation is 1. The van der Waals surface area contributed by atoms with Crippen LogP contribution in [-0.2, 0) is 16.4 Å². The summed E-state index contributed by atoms with van der Waals surface area (Å²) >= 11 is 0. The van der Waals surface area contributed by atoms with E-state index in [0.717, 1.165) is 30.4 Å². The molecule has 0 aliphatic carbocycles. The Hall–Kier alpha value is -2.43. The van der Waals surface area contributed by atoms with E-state index in [-0.39, 0.29) is 0 Å². The molecule has 0 radical (unpaired) electrons. The molecule has 0 saturated carbocycles. The standard InChI is InChI=1S/C22H23NO2S/c24-26(25,23-18-8-7-11-19-9-3-1-4-10-19)22-16-14-21(15-17-22)20-12-5-2-6-13-20/h1-6,9-10,12-17,23H,7-8,11,18H2. The van der Waals surface area contributed by atoms with Crippen molar-refractivity contribution < 1.29 is 8.42 Å². The van der Waals surface area contributed by atoms with E-state index in [9.17, 15) is 8.42 Å². The normalized spacial score (nSPS) is 11.4. The average molecular weight is 365 g/mol. The minimum atomic E-state index is -3.45. The lowest BCUT2D eigenvalue weighted by atomic mass is 10.1. The third-order valence-corrected chi connectivity index (χ3v) is 5.78. The molecule has 0 amide bonds. The van der Waals surface area contributed by atoms with Crippen molar-refractivity contribution in [2.24, 2.45) is 0 Å². The second-order valence-corrected chi connectivity index (χ2v) is 8.00. The number of nitrogens with one attached hydrogen (secondary N) is 1. The van der Waals surface area contributed by atoms with E-state index in [4.69, 9.17) is 0 Å². The third kappa shape index (κ3) is 5.04. The first-order chi connectivity index (χ1) is 12.6. The lowest BCUT2D eigenvalue weighted by molar-refractivity contribution is 0.576. The fourth-order valence-electron chi connectivity index (χ4n) is 2.85. The van der Waals surface area contributed by atoms with Gasteiger partial charge in [0.05, 0.1) is 4.90 Å². The summed E-state index contributed by atoms with van der Waals surface area (Å²) in [6.45, 7) is 0.454. The van der Waals surface area contributed by atoms with Crippen molar-refractivity contribution in [1.82, 2.24) is 4.72 Å². The lowest BCUT2D eigenvalue weighted by Crippen LogP contribution is -2.24. The van der Waals surface area contributed by atoms with Crippen molar-refractivity contribution in [1.29, 1.82) is 0 Å². The maximum Gasteiger partial charge on any atom is 0.240 e. The van der Waals surface area contributed by atoms with Gasteiger partial charge in [-0.3, -0.25) is 0 Å². The highest BCUT2D eigenvalue weighted by atomic mass is 32.2. The predicted octanol–water partition coefficient (Wildman–Crippen LogP) is 4.65. The van der Waals surface area contributed by atoms with Gasteiger partial charge in [0.1, 0.15) is 0 Å². The predicted molar refractivity (Wildman–Crippen MR) is 106 cm³/mol. The summed E-state index contributed by atoms with van der Waals surface area (Å²) in [6.07, 6.45) is 2.74. The van der Waals surface area contributed by atoms with E-state index in [2.05, 4.69) is 16.9 Å². The second kappa shape index (κ2) is 8.79. The molecule has 0 aliphatic rings. The molecule has 0 aromatic heterocycles. The molecule has 26 heavy (non-hydrogen) atoms. The van der Waals surface area contributed by atoms with Crippen LogP contribution in [0.25, 0.3) is 11.1 Å². The third-order valence-electron chi connectivity index (χ3n) is 4.30. The number of unbranched alkanes of at least 4 members (excludes halogenated alkanes) is 1. The first-order valence-electron chi connectivity index (χ1n) is 8.84. The van der Waals surface area contributed by atoms with Gasteiger partial charge in [-0.2, -0.15) is 0 Å². The highest BCUT2D eigenvalue weighted by Gasteiger charge is 2.13. The molecule has 0 heterocycles. The van der Waals surface area contributed by atoms with Gasteiger partial charge >= 0.3 is 0 Å². The molecule has 0 aliphatic heterocycles. The summed E-state index contributed by atoms with van der Waals surface area (Å²) in [6, 6.07) is 27.2. The van der Waals surface area contributed by atoms with Crippen LogP contribution in [0, 0.1) is 0 Å². The van der Waals surface area contributed by atoms with Crippen molar-refractivity contribution >= 4 is 10.0 Å². The fourth-order valence-corrected chi connectivity index (χ4v) is 3.92. The van der Waals surface area contributed by atoms with Crippen LogP contribution in [0.1, 0.15) is 18.4 Å². The lowest BCUT2D eigenvalue weighted by Gasteiger charge is -2.08. The first kappa shape index (κ1) is 18.4. The largest absolute Gasteiger partial charge is 0.240 e. The van der Waals surface area contributed by atoms with Gasteiger partial charge in [0.2, 0.25) is 10.0 Å². The smallest absolute Gasteiger partial charge is 0.211 e. The van der Waals surface area contributed by atoms with Gasteiger partial charge in [-0.1, -0.05) is 72.8 Å². The van der Waals surface area contributed by atoms with Crippen LogP contribution >= 0.6 is 0 Å². The Labute approximate surface area is 155 Å². The Balaban J connectivity index is 1.51. The summed E-state index contributed by atoms with van der Waals surface area (Å²) in [4.78, 5) is 0.306. The quantitative estimate of drug-likeness (QED) is 0.590. The van der Waals surface area contributed by atoms with Gasteiger partial charge in [-0.05, 0) is 48.1 Å². The second-order valence-electron chi connectivity index (χ2n) is 6.23. The SMILES string of the molecule is O=S(=O)(NCCCCc1ccccc1)c1ccc(-c2ccccc2)cc1. The summed E-state index contributed by atoms with van der Waals surface area (Å²) in [5.74, 6) is 0. The molecule has 134 valence electrons. The summed E-state index contributed by atoms with van der Waals surface area (Å²) in [5, 5.41) is 0. The average Bonchev–Trinajstić information content (AvgIpc) is 2.69. The van der Waals surface area contributed by atoms with E-state index in [1.165, 1.54) is 5.56 Å². The summed E-state index contributed by atoms with van der Waals surface area (Å²) < 4.78 is 27.5.